The summed E-state index contributed by atoms with van der Waals surface area (Å²) in [7, 11) is 0. The number of benzene rings is 2. The van der Waals surface area contributed by atoms with Crippen LogP contribution in [0.1, 0.15) is 27.8 Å². The molecule has 0 saturated heterocycles. The van der Waals surface area contributed by atoms with Gasteiger partial charge in [0, 0.05) is 6.54 Å². The molecule has 0 bridgehead atoms. The number of hydrogen-bond acceptors (Lipinski definition) is 2. The normalized spacial score (nSPS) is 10.2. The summed E-state index contributed by atoms with van der Waals surface area (Å²) in [5, 5.41) is 12.3. The summed E-state index contributed by atoms with van der Waals surface area (Å²) in [6.07, 6.45) is 1.04. The summed E-state index contributed by atoms with van der Waals surface area (Å²) in [4.78, 5) is 0. The molecule has 2 aromatic rings. The first-order chi connectivity index (χ1) is 9.69. The molecule has 2 nitrogen and oxygen atoms in total. The Morgan fingerprint density at radius 3 is 2.65 bits per heavy atom. The number of aryl methyl sites for hydroxylation is 2. The molecule has 0 unspecified atom stereocenters. The second-order valence-electron chi connectivity index (χ2n) is 5.17. The molecule has 0 spiro atoms. The zero-order chi connectivity index (χ0) is 14.4. The molecule has 2 aromatic carbocycles. The van der Waals surface area contributed by atoms with Gasteiger partial charge < -0.3 is 5.32 Å². The molecular formula is C18H20N2. The molecule has 1 N–H and O–H groups in total. The van der Waals surface area contributed by atoms with Crippen molar-refractivity contribution in [3.05, 3.63) is 70.3 Å². The van der Waals surface area contributed by atoms with E-state index in [4.69, 9.17) is 5.26 Å². The molecular weight excluding hydrogens is 244 g/mol. The average Bonchev–Trinajstić information content (AvgIpc) is 2.45. The minimum absolute atomic E-state index is 0.728. The monoisotopic (exact) mass is 264 g/mol. The predicted octanol–water partition coefficient (Wildman–Crippen LogP) is 3.51. The van der Waals surface area contributed by atoms with Crippen molar-refractivity contribution in [2.75, 3.05) is 6.54 Å². The Morgan fingerprint density at radius 1 is 1.10 bits per heavy atom. The number of nitriles is 1. The van der Waals surface area contributed by atoms with Gasteiger partial charge in [-0.2, -0.15) is 5.26 Å². The summed E-state index contributed by atoms with van der Waals surface area (Å²) >= 11 is 0. The van der Waals surface area contributed by atoms with Crippen LogP contribution in [0.4, 0.5) is 0 Å². The summed E-state index contributed by atoms with van der Waals surface area (Å²) in [6, 6.07) is 16.7. The Morgan fingerprint density at radius 2 is 1.95 bits per heavy atom. The smallest absolute Gasteiger partial charge is 0.0991 e. The molecule has 0 saturated carbocycles. The highest BCUT2D eigenvalue weighted by molar-refractivity contribution is 5.37. The first kappa shape index (κ1) is 14.3. The van der Waals surface area contributed by atoms with Gasteiger partial charge in [-0.1, -0.05) is 35.9 Å². The maximum Gasteiger partial charge on any atom is 0.0991 e. The highest BCUT2D eigenvalue weighted by Gasteiger charge is 2.00. The topological polar surface area (TPSA) is 35.8 Å². The fourth-order valence-corrected chi connectivity index (χ4v) is 2.29. The number of nitrogens with one attached hydrogen (secondary N) is 1. The van der Waals surface area contributed by atoms with Gasteiger partial charge >= 0.3 is 0 Å². The summed E-state index contributed by atoms with van der Waals surface area (Å²) in [5.74, 6) is 0. The van der Waals surface area contributed by atoms with Gasteiger partial charge in [0.1, 0.15) is 0 Å². The predicted molar refractivity (Wildman–Crippen MR) is 82.5 cm³/mol. The number of hydrogen-bond donors (Lipinski definition) is 1. The first-order valence-electron chi connectivity index (χ1n) is 6.95. The fraction of sp³-hybridized carbons (Fsp3) is 0.278. The van der Waals surface area contributed by atoms with E-state index in [0.717, 1.165) is 25.1 Å². The zero-order valence-electron chi connectivity index (χ0n) is 12.1. The standard InChI is InChI=1S/C18H20N2/c1-14-4-3-5-16(10-14)8-9-20-13-18-7-6-17(12-19)11-15(18)2/h3-7,10-11,20H,8-9,13H2,1-2H3. The van der Waals surface area contributed by atoms with Gasteiger partial charge in [0.2, 0.25) is 0 Å². The summed E-state index contributed by atoms with van der Waals surface area (Å²) < 4.78 is 0. The quantitative estimate of drug-likeness (QED) is 0.839. The highest BCUT2D eigenvalue weighted by Crippen LogP contribution is 2.10. The van der Waals surface area contributed by atoms with E-state index in [1.807, 2.05) is 18.2 Å². The van der Waals surface area contributed by atoms with Crippen molar-refractivity contribution in [1.82, 2.24) is 5.32 Å². The van der Waals surface area contributed by atoms with Gasteiger partial charge in [0.15, 0.2) is 0 Å². The van der Waals surface area contributed by atoms with E-state index in [2.05, 4.69) is 49.5 Å². The van der Waals surface area contributed by atoms with Crippen LogP contribution in [-0.4, -0.2) is 6.54 Å². The largest absolute Gasteiger partial charge is 0.312 e. The third-order valence-electron chi connectivity index (χ3n) is 3.46. The van der Waals surface area contributed by atoms with Crippen LogP contribution in [0.5, 0.6) is 0 Å². The van der Waals surface area contributed by atoms with E-state index in [0.29, 0.717) is 0 Å². The molecule has 0 aliphatic carbocycles. The second kappa shape index (κ2) is 6.88. The Bertz CT molecular complexity index is 624. The van der Waals surface area contributed by atoms with Gasteiger partial charge in [0.25, 0.3) is 0 Å². The molecule has 102 valence electrons. The van der Waals surface area contributed by atoms with E-state index in [1.165, 1.54) is 22.3 Å². The number of rotatable bonds is 5. The van der Waals surface area contributed by atoms with Crippen LogP contribution < -0.4 is 5.32 Å². The molecule has 2 rings (SSSR count). The molecule has 0 heterocycles. The molecule has 0 aromatic heterocycles. The third-order valence-corrected chi connectivity index (χ3v) is 3.46. The second-order valence-corrected chi connectivity index (χ2v) is 5.17. The van der Waals surface area contributed by atoms with Crippen molar-refractivity contribution in [2.45, 2.75) is 26.8 Å². The van der Waals surface area contributed by atoms with E-state index >= 15 is 0 Å². The maximum absolute atomic E-state index is 8.85. The van der Waals surface area contributed by atoms with Gasteiger partial charge in [-0.3, -0.25) is 0 Å². The van der Waals surface area contributed by atoms with Crippen LogP contribution in [-0.2, 0) is 13.0 Å². The molecule has 0 atom stereocenters. The van der Waals surface area contributed by atoms with Crippen molar-refractivity contribution in [1.29, 1.82) is 5.26 Å². The zero-order valence-corrected chi connectivity index (χ0v) is 12.1. The molecule has 0 amide bonds. The lowest BCUT2D eigenvalue weighted by Gasteiger charge is -2.08. The van der Waals surface area contributed by atoms with E-state index in [1.54, 1.807) is 0 Å². The lowest BCUT2D eigenvalue weighted by molar-refractivity contribution is 0.684. The van der Waals surface area contributed by atoms with Crippen molar-refractivity contribution < 1.29 is 0 Å². The van der Waals surface area contributed by atoms with Crippen LogP contribution >= 0.6 is 0 Å². The minimum atomic E-state index is 0.728. The van der Waals surface area contributed by atoms with E-state index in [-0.39, 0.29) is 0 Å². The van der Waals surface area contributed by atoms with E-state index in [9.17, 15) is 0 Å². The van der Waals surface area contributed by atoms with Crippen molar-refractivity contribution >= 4 is 0 Å². The average molecular weight is 264 g/mol. The van der Waals surface area contributed by atoms with Crippen LogP contribution in [0.25, 0.3) is 0 Å². The molecule has 0 fully saturated rings. The Labute approximate surface area is 121 Å². The summed E-state index contributed by atoms with van der Waals surface area (Å²) in [5.41, 5.74) is 5.84. The molecule has 0 aliphatic heterocycles. The van der Waals surface area contributed by atoms with Crippen molar-refractivity contribution in [3.63, 3.8) is 0 Å². The molecule has 2 heteroatoms. The van der Waals surface area contributed by atoms with Crippen molar-refractivity contribution in [3.8, 4) is 6.07 Å². The molecule has 0 radical (unpaired) electrons. The van der Waals surface area contributed by atoms with E-state index < -0.39 is 0 Å². The third kappa shape index (κ3) is 3.94. The molecule has 20 heavy (non-hydrogen) atoms. The SMILES string of the molecule is Cc1cccc(CCNCc2ccc(C#N)cc2C)c1. The minimum Gasteiger partial charge on any atom is -0.312 e. The Kier molecular flexibility index (Phi) is 4.92. The lowest BCUT2D eigenvalue weighted by atomic mass is 10.1. The maximum atomic E-state index is 8.85. The van der Waals surface area contributed by atoms with Gasteiger partial charge in [-0.15, -0.1) is 0 Å². The van der Waals surface area contributed by atoms with Gasteiger partial charge in [-0.25, -0.2) is 0 Å². The van der Waals surface area contributed by atoms with Crippen molar-refractivity contribution in [2.24, 2.45) is 0 Å². The first-order valence-corrected chi connectivity index (χ1v) is 6.95. The summed E-state index contributed by atoms with van der Waals surface area (Å²) in [6.45, 7) is 5.99. The van der Waals surface area contributed by atoms with Crippen LogP contribution in [0.2, 0.25) is 0 Å². The lowest BCUT2D eigenvalue weighted by Crippen LogP contribution is -2.17. The van der Waals surface area contributed by atoms with Gasteiger partial charge in [-0.05, 0) is 55.6 Å². The Hall–Kier alpha value is -2.11. The van der Waals surface area contributed by atoms with Crippen LogP contribution in [0.15, 0.2) is 42.5 Å². The highest BCUT2D eigenvalue weighted by atomic mass is 14.8. The Balaban J connectivity index is 1.83. The fourth-order valence-electron chi connectivity index (χ4n) is 2.29. The van der Waals surface area contributed by atoms with Gasteiger partial charge in [0.05, 0.1) is 11.6 Å². The van der Waals surface area contributed by atoms with Crippen LogP contribution in [0.3, 0.4) is 0 Å². The number of nitrogens with zero attached hydrogens (tertiary/aromatic N) is 1. The molecule has 0 aliphatic rings. The van der Waals surface area contributed by atoms with Crippen LogP contribution in [0, 0.1) is 25.2 Å².